The molecule has 1 aliphatic rings. The highest BCUT2D eigenvalue weighted by Gasteiger charge is 2.74. The topological polar surface area (TPSA) is 17.1 Å². The van der Waals surface area contributed by atoms with Crippen LogP contribution in [0.15, 0.2) is 0 Å². The molecule has 66 valence electrons. The molecule has 0 aromatic rings. The summed E-state index contributed by atoms with van der Waals surface area (Å²) in [5.41, 5.74) is -1.02. The molecule has 0 aromatic heterocycles. The smallest absolute Gasteiger partial charge is 0.243 e. The van der Waals surface area contributed by atoms with Crippen molar-refractivity contribution >= 4 is 20.7 Å². The third-order valence-electron chi connectivity index (χ3n) is 2.38. The monoisotopic (exact) mass is 202 g/mol. The molecule has 11 heavy (non-hydrogen) atoms. The molecule has 0 spiro atoms. The van der Waals surface area contributed by atoms with Gasteiger partial charge in [0.1, 0.15) is 10.0 Å². The fourth-order valence-corrected chi connectivity index (χ4v) is 2.47. The van der Waals surface area contributed by atoms with Crippen molar-refractivity contribution < 1.29 is 13.0 Å². The second kappa shape index (κ2) is 2.39. The van der Waals surface area contributed by atoms with E-state index in [0.29, 0.717) is 0 Å². The highest BCUT2D eigenvalue weighted by atomic mass is 35.7. The van der Waals surface area contributed by atoms with Gasteiger partial charge < -0.3 is 0 Å². The van der Waals surface area contributed by atoms with Crippen LogP contribution in [0, 0.1) is 11.3 Å². The van der Waals surface area contributed by atoms with Crippen LogP contribution in [0.3, 0.4) is 0 Å². The molecule has 0 bridgehead atoms. The minimum Gasteiger partial charge on any atom is -0.243 e. The van der Waals surface area contributed by atoms with Crippen molar-refractivity contribution in [2.75, 3.05) is 5.75 Å². The molecule has 1 nitrogen and oxygen atoms in total. The van der Waals surface area contributed by atoms with Crippen LogP contribution < -0.4 is 0 Å². The van der Waals surface area contributed by atoms with E-state index >= 15 is 0 Å². The molecule has 0 amide bonds. The van der Waals surface area contributed by atoms with Crippen LogP contribution in [0.2, 0.25) is 0 Å². The zero-order valence-electron chi connectivity index (χ0n) is 6.23. The minimum atomic E-state index is -2.68. The Labute approximate surface area is 71.1 Å². The predicted octanol–water partition coefficient (Wildman–Crippen LogP) is 2.18. The summed E-state index contributed by atoms with van der Waals surface area (Å²) in [5.74, 6) is -3.60. The van der Waals surface area contributed by atoms with E-state index in [-0.39, 0.29) is 5.75 Å². The number of hydrogen-bond donors (Lipinski definition) is 0. The van der Waals surface area contributed by atoms with E-state index in [4.69, 9.17) is 10.7 Å². The molecular formula is C6H9ClF2OS. The van der Waals surface area contributed by atoms with Gasteiger partial charge in [0.15, 0.2) is 0 Å². The lowest BCUT2D eigenvalue weighted by molar-refractivity contribution is 0.0686. The molecule has 0 aliphatic heterocycles. The Balaban J connectivity index is 2.61. The van der Waals surface area contributed by atoms with Crippen LogP contribution in [0.1, 0.15) is 13.8 Å². The summed E-state index contributed by atoms with van der Waals surface area (Å²) in [4.78, 5) is 0. The Morgan fingerprint density at radius 1 is 1.55 bits per heavy atom. The van der Waals surface area contributed by atoms with Crippen LogP contribution in [0.4, 0.5) is 8.78 Å². The normalized spacial score (nSPS) is 34.8. The SMILES string of the molecule is CC1(C)C(CS(=O)Cl)C1(F)F. The van der Waals surface area contributed by atoms with E-state index in [0.717, 1.165) is 0 Å². The summed E-state index contributed by atoms with van der Waals surface area (Å²) in [6, 6.07) is 0. The third-order valence-corrected chi connectivity index (χ3v) is 3.36. The summed E-state index contributed by atoms with van der Waals surface area (Å²) in [7, 11) is 3.47. The average molecular weight is 203 g/mol. The molecule has 0 aromatic carbocycles. The highest BCUT2D eigenvalue weighted by molar-refractivity contribution is 8.08. The zero-order valence-corrected chi connectivity index (χ0v) is 7.81. The van der Waals surface area contributed by atoms with Gasteiger partial charge in [0.2, 0.25) is 0 Å². The third kappa shape index (κ3) is 1.31. The van der Waals surface area contributed by atoms with Crippen LogP contribution in [0.5, 0.6) is 0 Å². The van der Waals surface area contributed by atoms with E-state index < -0.39 is 27.3 Å². The first-order valence-electron chi connectivity index (χ1n) is 3.22. The predicted molar refractivity (Wildman–Crippen MR) is 41.1 cm³/mol. The van der Waals surface area contributed by atoms with E-state index in [1.165, 1.54) is 13.8 Å². The first-order valence-corrected chi connectivity index (χ1v) is 5.37. The van der Waals surface area contributed by atoms with E-state index in [1.807, 2.05) is 0 Å². The van der Waals surface area contributed by atoms with Gasteiger partial charge in [-0.15, -0.1) is 0 Å². The van der Waals surface area contributed by atoms with Gasteiger partial charge in [-0.25, -0.2) is 13.0 Å². The lowest BCUT2D eigenvalue weighted by Crippen LogP contribution is -2.00. The lowest BCUT2D eigenvalue weighted by Gasteiger charge is -1.96. The van der Waals surface area contributed by atoms with Gasteiger partial charge in [0, 0.05) is 17.1 Å². The van der Waals surface area contributed by atoms with Crippen LogP contribution in [0.25, 0.3) is 0 Å². The molecule has 1 aliphatic carbocycles. The fraction of sp³-hybridized carbons (Fsp3) is 1.00. The van der Waals surface area contributed by atoms with Gasteiger partial charge in [0.25, 0.3) is 5.92 Å². The van der Waals surface area contributed by atoms with E-state index in [9.17, 15) is 13.0 Å². The molecule has 2 atom stereocenters. The van der Waals surface area contributed by atoms with E-state index in [1.54, 1.807) is 0 Å². The maximum atomic E-state index is 12.7. The van der Waals surface area contributed by atoms with Crippen LogP contribution in [-0.2, 0) is 10.0 Å². The van der Waals surface area contributed by atoms with Crippen molar-refractivity contribution in [3.05, 3.63) is 0 Å². The van der Waals surface area contributed by atoms with Crippen molar-refractivity contribution in [1.82, 2.24) is 0 Å². The van der Waals surface area contributed by atoms with Crippen LogP contribution >= 0.6 is 10.7 Å². The summed E-state index contributed by atoms with van der Waals surface area (Å²) < 4.78 is 35.9. The van der Waals surface area contributed by atoms with Gasteiger partial charge in [-0.05, 0) is 10.7 Å². The number of hydrogen-bond acceptors (Lipinski definition) is 1. The first-order chi connectivity index (χ1) is 4.80. The molecule has 0 heterocycles. The molecular weight excluding hydrogens is 194 g/mol. The standard InChI is InChI=1S/C6H9ClF2OS/c1-5(2)4(3-11(7)10)6(5,8)9/h4H,3H2,1-2H3. The summed E-state index contributed by atoms with van der Waals surface area (Å²) >= 11 is 0. The Hall–Kier alpha value is 0.300. The molecule has 1 rings (SSSR count). The van der Waals surface area contributed by atoms with E-state index in [2.05, 4.69) is 0 Å². The molecule has 1 fully saturated rings. The second-order valence-electron chi connectivity index (χ2n) is 3.35. The van der Waals surface area contributed by atoms with Crippen molar-refractivity contribution in [1.29, 1.82) is 0 Å². The zero-order chi connectivity index (χ0) is 8.86. The number of alkyl halides is 2. The molecule has 2 unspecified atom stereocenters. The summed E-state index contributed by atoms with van der Waals surface area (Å²) in [6.45, 7) is 2.92. The van der Waals surface area contributed by atoms with Crippen molar-refractivity contribution in [3.63, 3.8) is 0 Å². The average Bonchev–Trinajstić information content (AvgIpc) is 2.11. The lowest BCUT2D eigenvalue weighted by atomic mass is 10.1. The fourth-order valence-electron chi connectivity index (χ4n) is 1.20. The minimum absolute atomic E-state index is 0.110. The maximum absolute atomic E-state index is 12.7. The first kappa shape index (κ1) is 9.39. The van der Waals surface area contributed by atoms with Crippen LogP contribution in [-0.4, -0.2) is 15.9 Å². The second-order valence-corrected chi connectivity index (χ2v) is 5.30. The molecule has 5 heteroatoms. The number of rotatable bonds is 2. The Kier molecular flexibility index (Phi) is 2.04. The van der Waals surface area contributed by atoms with Gasteiger partial charge in [-0.3, -0.25) is 0 Å². The summed E-state index contributed by atoms with van der Waals surface area (Å²) in [5, 5.41) is 0. The Bertz CT molecular complexity index is 191. The van der Waals surface area contributed by atoms with Gasteiger partial charge >= 0.3 is 0 Å². The Morgan fingerprint density at radius 2 is 1.91 bits per heavy atom. The van der Waals surface area contributed by atoms with Crippen molar-refractivity contribution in [3.8, 4) is 0 Å². The Morgan fingerprint density at radius 3 is 2.00 bits per heavy atom. The molecule has 1 saturated carbocycles. The van der Waals surface area contributed by atoms with Crippen molar-refractivity contribution in [2.24, 2.45) is 11.3 Å². The number of halogens is 3. The molecule has 0 radical (unpaired) electrons. The van der Waals surface area contributed by atoms with Gasteiger partial charge in [-0.1, -0.05) is 13.8 Å². The largest absolute Gasteiger partial charge is 0.258 e. The van der Waals surface area contributed by atoms with Gasteiger partial charge in [-0.2, -0.15) is 0 Å². The summed E-state index contributed by atoms with van der Waals surface area (Å²) in [6.07, 6.45) is 0. The van der Waals surface area contributed by atoms with Crippen molar-refractivity contribution in [2.45, 2.75) is 19.8 Å². The quantitative estimate of drug-likeness (QED) is 0.628. The van der Waals surface area contributed by atoms with Gasteiger partial charge in [0.05, 0.1) is 0 Å². The molecule has 0 saturated heterocycles. The molecule has 0 N–H and O–H groups in total. The highest BCUT2D eigenvalue weighted by Crippen LogP contribution is 2.65. The maximum Gasteiger partial charge on any atom is 0.258 e.